The maximum atomic E-state index is 12.8. The van der Waals surface area contributed by atoms with Crippen molar-refractivity contribution in [2.45, 2.75) is 31.8 Å². The normalized spacial score (nSPS) is 30.0. The SMILES string of the molecule is CCC(=O)N1CSC[C@H]1C(=O)N1CCC(N2CCNCC2)C1. The van der Waals surface area contributed by atoms with E-state index < -0.39 is 0 Å². The van der Waals surface area contributed by atoms with Gasteiger partial charge >= 0.3 is 0 Å². The topological polar surface area (TPSA) is 55.9 Å². The Morgan fingerprint density at radius 2 is 2.00 bits per heavy atom. The first-order chi connectivity index (χ1) is 10.7. The molecule has 0 spiro atoms. The molecule has 22 heavy (non-hydrogen) atoms. The Labute approximate surface area is 136 Å². The average Bonchev–Trinajstić information content (AvgIpc) is 3.23. The monoisotopic (exact) mass is 326 g/mol. The quantitative estimate of drug-likeness (QED) is 0.779. The van der Waals surface area contributed by atoms with E-state index in [1.807, 2.05) is 11.8 Å². The molecule has 3 heterocycles. The lowest BCUT2D eigenvalue weighted by atomic mass is 10.2. The van der Waals surface area contributed by atoms with Crippen LogP contribution in [0.4, 0.5) is 0 Å². The highest BCUT2D eigenvalue weighted by atomic mass is 32.2. The Bertz CT molecular complexity index is 428. The molecule has 1 unspecified atom stereocenters. The molecule has 2 atom stereocenters. The Balaban J connectivity index is 1.57. The highest BCUT2D eigenvalue weighted by Crippen LogP contribution is 2.25. The minimum atomic E-state index is -0.237. The van der Waals surface area contributed by atoms with Gasteiger partial charge in [0.05, 0.1) is 5.88 Å². The van der Waals surface area contributed by atoms with E-state index in [-0.39, 0.29) is 17.9 Å². The summed E-state index contributed by atoms with van der Waals surface area (Å²) < 4.78 is 0. The van der Waals surface area contributed by atoms with Crippen molar-refractivity contribution in [1.29, 1.82) is 0 Å². The molecule has 6 nitrogen and oxygen atoms in total. The van der Waals surface area contributed by atoms with E-state index >= 15 is 0 Å². The second kappa shape index (κ2) is 7.19. The van der Waals surface area contributed by atoms with Crippen LogP contribution in [0.2, 0.25) is 0 Å². The Morgan fingerprint density at radius 3 is 2.73 bits per heavy atom. The molecule has 0 aliphatic carbocycles. The molecule has 3 aliphatic heterocycles. The van der Waals surface area contributed by atoms with Crippen molar-refractivity contribution >= 4 is 23.6 Å². The molecule has 0 bridgehead atoms. The minimum absolute atomic E-state index is 0.0983. The summed E-state index contributed by atoms with van der Waals surface area (Å²) in [7, 11) is 0. The molecular weight excluding hydrogens is 300 g/mol. The highest BCUT2D eigenvalue weighted by molar-refractivity contribution is 7.99. The van der Waals surface area contributed by atoms with Gasteiger partial charge in [-0.2, -0.15) is 0 Å². The maximum Gasteiger partial charge on any atom is 0.246 e. The van der Waals surface area contributed by atoms with Crippen LogP contribution < -0.4 is 5.32 Å². The minimum Gasteiger partial charge on any atom is -0.339 e. The van der Waals surface area contributed by atoms with Crippen LogP contribution in [0.1, 0.15) is 19.8 Å². The molecule has 2 amide bonds. The third-order valence-electron chi connectivity index (χ3n) is 4.93. The highest BCUT2D eigenvalue weighted by Gasteiger charge is 2.39. The van der Waals surface area contributed by atoms with Crippen LogP contribution in [0.15, 0.2) is 0 Å². The lowest BCUT2D eigenvalue weighted by Gasteiger charge is -2.33. The van der Waals surface area contributed by atoms with E-state index in [1.165, 1.54) is 0 Å². The zero-order valence-corrected chi connectivity index (χ0v) is 14.1. The molecule has 1 N–H and O–H groups in total. The molecule has 0 radical (unpaired) electrons. The third-order valence-corrected chi connectivity index (χ3v) is 5.95. The van der Waals surface area contributed by atoms with Crippen LogP contribution in [0.25, 0.3) is 0 Å². The zero-order chi connectivity index (χ0) is 15.5. The lowest BCUT2D eigenvalue weighted by molar-refractivity contribution is -0.142. The molecule has 0 aromatic carbocycles. The van der Waals surface area contributed by atoms with Gasteiger partial charge in [0, 0.05) is 57.5 Å². The number of carbonyl (C=O) groups excluding carboxylic acids is 2. The van der Waals surface area contributed by atoms with Crippen LogP contribution in [0.3, 0.4) is 0 Å². The summed E-state index contributed by atoms with van der Waals surface area (Å²) in [4.78, 5) is 31.0. The van der Waals surface area contributed by atoms with Crippen molar-refractivity contribution in [2.24, 2.45) is 0 Å². The second-order valence-electron chi connectivity index (χ2n) is 6.25. The van der Waals surface area contributed by atoms with Gasteiger partial charge in [0.1, 0.15) is 6.04 Å². The Hall–Kier alpha value is -0.790. The molecule has 3 aliphatic rings. The predicted molar refractivity (Wildman–Crippen MR) is 87.7 cm³/mol. The van der Waals surface area contributed by atoms with Gasteiger partial charge in [-0.3, -0.25) is 14.5 Å². The van der Waals surface area contributed by atoms with Crippen molar-refractivity contribution in [1.82, 2.24) is 20.0 Å². The van der Waals surface area contributed by atoms with Crippen molar-refractivity contribution in [3.8, 4) is 0 Å². The first-order valence-electron chi connectivity index (χ1n) is 8.31. The van der Waals surface area contributed by atoms with Gasteiger partial charge in [0.2, 0.25) is 11.8 Å². The summed E-state index contributed by atoms with van der Waals surface area (Å²) in [5.74, 6) is 1.67. The molecule has 3 saturated heterocycles. The van der Waals surface area contributed by atoms with Crippen LogP contribution in [0.5, 0.6) is 0 Å². The first-order valence-corrected chi connectivity index (χ1v) is 9.47. The largest absolute Gasteiger partial charge is 0.339 e. The fourth-order valence-electron chi connectivity index (χ4n) is 3.59. The number of amides is 2. The molecule has 3 rings (SSSR count). The van der Waals surface area contributed by atoms with Gasteiger partial charge in [-0.15, -0.1) is 11.8 Å². The molecule has 0 aromatic rings. The summed E-state index contributed by atoms with van der Waals surface area (Å²) in [5, 5.41) is 3.37. The van der Waals surface area contributed by atoms with E-state index in [9.17, 15) is 9.59 Å². The van der Waals surface area contributed by atoms with Crippen molar-refractivity contribution in [2.75, 3.05) is 50.9 Å². The van der Waals surface area contributed by atoms with Gasteiger partial charge in [0.25, 0.3) is 0 Å². The second-order valence-corrected chi connectivity index (χ2v) is 7.25. The Morgan fingerprint density at radius 1 is 1.23 bits per heavy atom. The number of hydrogen-bond acceptors (Lipinski definition) is 5. The van der Waals surface area contributed by atoms with Crippen LogP contribution in [0, 0.1) is 0 Å². The molecule has 7 heteroatoms. The molecule has 0 aromatic heterocycles. The van der Waals surface area contributed by atoms with Gasteiger partial charge in [-0.25, -0.2) is 0 Å². The number of rotatable bonds is 3. The van der Waals surface area contributed by atoms with E-state index in [4.69, 9.17) is 0 Å². The standard InChI is InChI=1S/C15H26N4O2S/c1-2-14(20)19-11-22-10-13(19)15(21)18-6-3-12(9-18)17-7-4-16-5-8-17/h12-13,16H,2-11H2,1H3/t12?,13-/m0/s1. The van der Waals surface area contributed by atoms with E-state index in [0.717, 1.165) is 51.4 Å². The lowest BCUT2D eigenvalue weighted by Crippen LogP contribution is -2.51. The van der Waals surface area contributed by atoms with Crippen molar-refractivity contribution in [3.05, 3.63) is 0 Å². The zero-order valence-electron chi connectivity index (χ0n) is 13.3. The maximum absolute atomic E-state index is 12.8. The fourth-order valence-corrected chi connectivity index (χ4v) is 4.77. The first kappa shape index (κ1) is 16.1. The number of likely N-dealkylation sites (tertiary alicyclic amines) is 1. The smallest absolute Gasteiger partial charge is 0.246 e. The van der Waals surface area contributed by atoms with E-state index in [2.05, 4.69) is 10.2 Å². The van der Waals surface area contributed by atoms with Gasteiger partial charge in [-0.1, -0.05) is 6.92 Å². The molecule has 124 valence electrons. The predicted octanol–water partition coefficient (Wildman–Crippen LogP) is -0.196. The molecule has 0 saturated carbocycles. The number of nitrogens with zero attached hydrogens (tertiary/aromatic N) is 3. The number of hydrogen-bond donors (Lipinski definition) is 1. The summed E-state index contributed by atoms with van der Waals surface area (Å²) >= 11 is 1.69. The number of nitrogens with one attached hydrogen (secondary N) is 1. The summed E-state index contributed by atoms with van der Waals surface area (Å²) in [6, 6.07) is 0.259. The third kappa shape index (κ3) is 3.26. The van der Waals surface area contributed by atoms with Crippen LogP contribution in [-0.2, 0) is 9.59 Å². The van der Waals surface area contributed by atoms with Gasteiger partial charge in [0.15, 0.2) is 0 Å². The summed E-state index contributed by atoms with van der Waals surface area (Å²) in [6.07, 6.45) is 1.54. The number of carbonyl (C=O) groups is 2. The Kier molecular flexibility index (Phi) is 5.25. The molecule has 3 fully saturated rings. The van der Waals surface area contributed by atoms with Crippen molar-refractivity contribution in [3.63, 3.8) is 0 Å². The average molecular weight is 326 g/mol. The summed E-state index contributed by atoms with van der Waals surface area (Å²) in [5.41, 5.74) is 0. The molecular formula is C15H26N4O2S. The van der Waals surface area contributed by atoms with Crippen LogP contribution >= 0.6 is 11.8 Å². The van der Waals surface area contributed by atoms with E-state index in [1.54, 1.807) is 16.7 Å². The van der Waals surface area contributed by atoms with Gasteiger partial charge in [-0.05, 0) is 6.42 Å². The number of piperazine rings is 1. The fraction of sp³-hybridized carbons (Fsp3) is 0.867. The summed E-state index contributed by atoms with van der Waals surface area (Å²) in [6.45, 7) is 7.77. The number of thioether (sulfide) groups is 1. The van der Waals surface area contributed by atoms with Crippen molar-refractivity contribution < 1.29 is 9.59 Å². The van der Waals surface area contributed by atoms with Crippen LogP contribution in [-0.4, -0.2) is 89.5 Å². The van der Waals surface area contributed by atoms with Gasteiger partial charge < -0.3 is 15.1 Å². The van der Waals surface area contributed by atoms with E-state index in [0.29, 0.717) is 18.3 Å².